The van der Waals surface area contributed by atoms with Crippen LogP contribution in [-0.4, -0.2) is 29.1 Å². The van der Waals surface area contributed by atoms with E-state index >= 15 is 0 Å². The first-order valence-corrected chi connectivity index (χ1v) is 21.8. The molecule has 0 atom stereocenters. The van der Waals surface area contributed by atoms with Crippen LogP contribution in [0.4, 0.5) is 0 Å². The minimum Gasteiger partial charge on any atom is 0 e. The van der Waals surface area contributed by atoms with Crippen LogP contribution in [0, 0.1) is 17.9 Å². The van der Waals surface area contributed by atoms with Crippen LogP contribution in [0.5, 0.6) is 0 Å². The molecule has 0 unspecified atom stereocenters. The third kappa shape index (κ3) is 10.1. The van der Waals surface area contributed by atoms with Gasteiger partial charge in [-0.15, -0.1) is 0 Å². The quantitative estimate of drug-likeness (QED) is 0.0857. The van der Waals surface area contributed by atoms with Crippen LogP contribution in [0.3, 0.4) is 0 Å². The summed E-state index contributed by atoms with van der Waals surface area (Å²) in [7, 11) is 0. The Kier molecular flexibility index (Phi) is 16.7. The van der Waals surface area contributed by atoms with Gasteiger partial charge in [-0.1, -0.05) is 27.7 Å². The van der Waals surface area contributed by atoms with Crippen molar-refractivity contribution in [1.29, 1.82) is 0 Å². The van der Waals surface area contributed by atoms with Gasteiger partial charge in [-0.05, 0) is 25.7 Å². The van der Waals surface area contributed by atoms with Crippen LogP contribution in [0.25, 0.3) is 22.0 Å². The van der Waals surface area contributed by atoms with Crippen molar-refractivity contribution >= 4 is 34.2 Å². The second-order valence-electron chi connectivity index (χ2n) is 12.7. The van der Waals surface area contributed by atoms with Crippen molar-refractivity contribution in [3.05, 3.63) is 72.1 Å². The molecule has 0 saturated heterocycles. The first kappa shape index (κ1) is 39.3. The number of aliphatic hydroxyl groups is 1. The van der Waals surface area contributed by atoms with Gasteiger partial charge in [0.05, 0.1) is 5.76 Å². The van der Waals surface area contributed by atoms with Crippen molar-refractivity contribution in [3.63, 3.8) is 0 Å². The fourth-order valence-electron chi connectivity index (χ4n) is 6.04. The van der Waals surface area contributed by atoms with Gasteiger partial charge in [0.25, 0.3) is 0 Å². The van der Waals surface area contributed by atoms with Crippen LogP contribution in [0.2, 0.25) is 15.8 Å². The van der Waals surface area contributed by atoms with Gasteiger partial charge in [0.1, 0.15) is 0 Å². The molecule has 3 aromatic rings. The number of carbonyl (C=O) groups is 1. The topological polar surface area (TPSA) is 50.2 Å². The van der Waals surface area contributed by atoms with E-state index in [9.17, 15) is 9.90 Å². The van der Waals surface area contributed by atoms with Gasteiger partial charge in [0.2, 0.25) is 0 Å². The Labute approximate surface area is 279 Å². The van der Waals surface area contributed by atoms with Crippen molar-refractivity contribution in [2.24, 2.45) is 11.8 Å². The molecule has 0 spiro atoms. The monoisotopic (exact) mass is 825 g/mol. The summed E-state index contributed by atoms with van der Waals surface area (Å²) in [4.78, 5) is 16.5. The number of allylic oxidation sites excluding steroid dienone is 2. The zero-order chi connectivity index (χ0) is 31.5. The van der Waals surface area contributed by atoms with Gasteiger partial charge < -0.3 is 5.11 Å². The molecular weight excluding hydrogens is 767 g/mol. The Morgan fingerprint density at radius 2 is 1.44 bits per heavy atom. The number of aliphatic hydroxyl groups excluding tert-OH is 1. The molecule has 239 valence electrons. The molecule has 43 heavy (non-hydrogen) atoms. The predicted molar refractivity (Wildman–Crippen MR) is 185 cm³/mol. The van der Waals surface area contributed by atoms with Crippen molar-refractivity contribution in [1.82, 2.24) is 4.98 Å². The Morgan fingerprint density at radius 1 is 0.884 bits per heavy atom. The molecule has 5 heteroatoms. The summed E-state index contributed by atoms with van der Waals surface area (Å²) < 4.78 is 1.59. The smallest absolute Gasteiger partial charge is 0 e. The van der Waals surface area contributed by atoms with E-state index < -0.39 is 13.3 Å². The third-order valence-corrected chi connectivity index (χ3v) is 21.1. The molecule has 0 saturated carbocycles. The zero-order valence-corrected chi connectivity index (χ0v) is 32.9. The molecule has 1 N–H and O–H groups in total. The molecule has 1 radical (unpaired) electrons. The molecule has 0 aliphatic carbocycles. The number of hydrogen-bond acceptors (Lipinski definition) is 3. The molecular formula is C38H56GeIrNO2-. The first-order valence-electron chi connectivity index (χ1n) is 16.3. The summed E-state index contributed by atoms with van der Waals surface area (Å²) in [6.07, 6.45) is 6.93. The summed E-state index contributed by atoms with van der Waals surface area (Å²) >= 11 is -1.99. The average Bonchev–Trinajstić information content (AvgIpc) is 2.99. The molecule has 0 aliphatic heterocycles. The van der Waals surface area contributed by atoms with Gasteiger partial charge in [-0.2, -0.15) is 0 Å². The normalized spacial score (nSPS) is 12.2. The Hall–Kier alpha value is -1.75. The van der Waals surface area contributed by atoms with E-state index in [1.54, 1.807) is 4.40 Å². The van der Waals surface area contributed by atoms with Crippen LogP contribution >= 0.6 is 0 Å². The second kappa shape index (κ2) is 18.3. The van der Waals surface area contributed by atoms with Crippen LogP contribution < -0.4 is 4.40 Å². The number of nitrogens with zero attached hydrogens (tertiary/aromatic N) is 1. The van der Waals surface area contributed by atoms with Gasteiger partial charge in [-0.25, -0.2) is 0 Å². The number of aromatic nitrogens is 1. The summed E-state index contributed by atoms with van der Waals surface area (Å²) in [5, 5.41) is 16.3. The number of rotatable bonds is 12. The number of benzene rings is 2. The molecule has 2 aromatic carbocycles. The standard InChI is InChI=1S/C25H32GeN.C13H24O2.Ir/c1-7-26(8-2,9-3)21-14-15-27-24(18-21)20-16-19-12-10-11-13-22(19)23(17-20)25(4,5)6;1-5-10(6-2)12(14)9-13(15)11(7-3)8-4;/h10-15,17-18H,7-9H2,1-6H3;9-11,14H,5-8H2,1-4H3;/q-1;;/b;12-9-;. The fourth-order valence-corrected chi connectivity index (χ4v) is 13.6. The molecule has 1 aromatic heterocycles. The summed E-state index contributed by atoms with van der Waals surface area (Å²) in [6.45, 7) is 22.1. The number of pyridine rings is 1. The largest absolute Gasteiger partial charge is 0 e. The maximum absolute atomic E-state index is 11.7. The van der Waals surface area contributed by atoms with Gasteiger partial charge in [0.15, 0.2) is 5.78 Å². The van der Waals surface area contributed by atoms with Crippen molar-refractivity contribution < 1.29 is 30.0 Å². The van der Waals surface area contributed by atoms with E-state index in [2.05, 4.69) is 90.1 Å². The van der Waals surface area contributed by atoms with E-state index in [0.717, 1.165) is 36.9 Å². The number of carbonyl (C=O) groups excluding carboxylic acids is 1. The number of hydrogen-bond donors (Lipinski definition) is 1. The maximum Gasteiger partial charge on any atom is 0 e. The molecule has 0 aliphatic rings. The Morgan fingerprint density at radius 3 is 1.95 bits per heavy atom. The van der Waals surface area contributed by atoms with Crippen molar-refractivity contribution in [3.8, 4) is 11.3 Å². The molecule has 1 heterocycles. The van der Waals surface area contributed by atoms with Crippen LogP contribution in [0.15, 0.2) is 60.5 Å². The SMILES string of the molecule is CCC(CC)C(=O)/C=C(\O)C(CC)CC.C[CH2][Ge]([CH2]C)([CH2]C)[c]1ccnc(-c2[c-]c3ccccc3c(C(C)(C)C)c2)c1.[Ir]. The minimum atomic E-state index is -1.99. The average molecular weight is 824 g/mol. The van der Waals surface area contributed by atoms with E-state index in [1.165, 1.54) is 38.2 Å². The van der Waals surface area contributed by atoms with Crippen LogP contribution in [-0.2, 0) is 30.3 Å². The number of ketones is 1. The zero-order valence-electron chi connectivity index (χ0n) is 28.4. The van der Waals surface area contributed by atoms with Crippen LogP contribution in [0.1, 0.15) is 100 Å². The molecule has 3 rings (SSSR count). The molecule has 0 fully saturated rings. The van der Waals surface area contributed by atoms with Crippen molar-refractivity contribution in [2.75, 3.05) is 0 Å². The van der Waals surface area contributed by atoms with E-state index in [1.807, 2.05) is 33.9 Å². The fraction of sp³-hybridized carbons (Fsp3) is 0.526. The van der Waals surface area contributed by atoms with Crippen molar-refractivity contribution in [2.45, 2.75) is 116 Å². The summed E-state index contributed by atoms with van der Waals surface area (Å²) in [6, 6.07) is 19.2. The van der Waals surface area contributed by atoms with E-state index in [0.29, 0.717) is 0 Å². The summed E-state index contributed by atoms with van der Waals surface area (Å²) in [5.74, 6) is 0.547. The Bertz CT molecular complexity index is 1310. The van der Waals surface area contributed by atoms with E-state index in [4.69, 9.17) is 4.98 Å². The molecule has 0 bridgehead atoms. The van der Waals surface area contributed by atoms with Gasteiger partial charge in [0, 0.05) is 38.0 Å². The Balaban J connectivity index is 0.000000497. The predicted octanol–water partition coefficient (Wildman–Crippen LogP) is 10.6. The number of fused-ring (bicyclic) bond motifs is 1. The third-order valence-electron chi connectivity index (χ3n) is 9.34. The van der Waals surface area contributed by atoms with E-state index in [-0.39, 0.29) is 48.9 Å². The summed E-state index contributed by atoms with van der Waals surface area (Å²) in [5.41, 5.74) is 3.65. The van der Waals surface area contributed by atoms with Gasteiger partial charge in [-0.3, -0.25) is 4.79 Å². The molecule has 0 amide bonds. The first-order chi connectivity index (χ1) is 19.9. The van der Waals surface area contributed by atoms with Gasteiger partial charge >= 0.3 is 168 Å². The second-order valence-corrected chi connectivity index (χ2v) is 23.7. The molecule has 3 nitrogen and oxygen atoms in total. The maximum atomic E-state index is 11.7. The minimum absolute atomic E-state index is 0.